The summed E-state index contributed by atoms with van der Waals surface area (Å²) in [6.45, 7) is 4.27. The first-order chi connectivity index (χ1) is 12.7. The maximum absolute atomic E-state index is 12.7. The molecule has 0 bridgehead atoms. The molecule has 1 heterocycles. The molecule has 27 heavy (non-hydrogen) atoms. The summed E-state index contributed by atoms with van der Waals surface area (Å²) in [5, 5.41) is 0. The van der Waals surface area contributed by atoms with Crippen LogP contribution in [0.25, 0.3) is 0 Å². The van der Waals surface area contributed by atoms with Crippen LogP contribution in [0, 0.1) is 13.8 Å². The van der Waals surface area contributed by atoms with E-state index in [1.165, 1.54) is 10.4 Å². The first kappa shape index (κ1) is 19.9. The Hall–Kier alpha value is -1.90. The van der Waals surface area contributed by atoms with E-state index < -0.39 is 20.0 Å². The first-order valence-corrected chi connectivity index (χ1v) is 11.9. The third kappa shape index (κ3) is 4.51. The molecule has 8 heteroatoms. The van der Waals surface area contributed by atoms with Crippen LogP contribution in [0.1, 0.15) is 29.5 Å². The Morgan fingerprint density at radius 2 is 1.85 bits per heavy atom. The van der Waals surface area contributed by atoms with Crippen LogP contribution in [-0.4, -0.2) is 29.1 Å². The van der Waals surface area contributed by atoms with Gasteiger partial charge >= 0.3 is 0 Å². The van der Waals surface area contributed by atoms with Gasteiger partial charge in [0.15, 0.2) is 0 Å². The zero-order chi connectivity index (χ0) is 19.7. The summed E-state index contributed by atoms with van der Waals surface area (Å²) >= 11 is 0. The summed E-state index contributed by atoms with van der Waals surface area (Å²) in [4.78, 5) is 0.160. The Morgan fingerprint density at radius 1 is 1.07 bits per heavy atom. The fraction of sp³-hybridized carbons (Fsp3) is 0.368. The standard InChI is InChI=1S/C19H24N2O4S2/c1-15-6-5-7-17(12-15)14-20-27(24,25)19-9-8-18(13-16(19)2)21-10-3-4-11-26(21,22)23/h5-9,12-13,20H,3-4,10-11,14H2,1-2H3. The van der Waals surface area contributed by atoms with E-state index in [2.05, 4.69) is 4.72 Å². The average molecular weight is 409 g/mol. The Morgan fingerprint density at radius 3 is 2.52 bits per heavy atom. The minimum Gasteiger partial charge on any atom is -0.270 e. The van der Waals surface area contributed by atoms with Gasteiger partial charge in [0.05, 0.1) is 16.3 Å². The van der Waals surface area contributed by atoms with Crippen molar-refractivity contribution >= 4 is 25.7 Å². The quantitative estimate of drug-likeness (QED) is 0.825. The molecule has 0 radical (unpaired) electrons. The number of hydrogen-bond acceptors (Lipinski definition) is 4. The Bertz CT molecular complexity index is 1050. The van der Waals surface area contributed by atoms with E-state index in [1.807, 2.05) is 31.2 Å². The number of aryl methyl sites for hydroxylation is 2. The van der Waals surface area contributed by atoms with E-state index in [4.69, 9.17) is 0 Å². The fourth-order valence-corrected chi connectivity index (χ4v) is 6.12. The Balaban J connectivity index is 1.82. The summed E-state index contributed by atoms with van der Waals surface area (Å²) in [5.74, 6) is 0.129. The second-order valence-electron chi connectivity index (χ2n) is 6.86. The van der Waals surface area contributed by atoms with E-state index in [-0.39, 0.29) is 17.2 Å². The monoisotopic (exact) mass is 408 g/mol. The van der Waals surface area contributed by atoms with E-state index in [9.17, 15) is 16.8 Å². The van der Waals surface area contributed by atoms with Gasteiger partial charge < -0.3 is 0 Å². The summed E-state index contributed by atoms with van der Waals surface area (Å²) in [7, 11) is -7.02. The van der Waals surface area contributed by atoms with Crippen molar-refractivity contribution in [2.24, 2.45) is 0 Å². The molecule has 2 aromatic rings. The largest absolute Gasteiger partial charge is 0.270 e. The van der Waals surface area contributed by atoms with Gasteiger partial charge in [-0.25, -0.2) is 21.6 Å². The maximum atomic E-state index is 12.7. The molecule has 0 amide bonds. The van der Waals surface area contributed by atoms with Crippen LogP contribution >= 0.6 is 0 Å². The lowest BCUT2D eigenvalue weighted by Crippen LogP contribution is -2.37. The van der Waals surface area contributed by atoms with Crippen molar-refractivity contribution in [3.05, 3.63) is 59.2 Å². The summed E-state index contributed by atoms with van der Waals surface area (Å²) in [6.07, 6.45) is 1.46. The number of hydrogen-bond donors (Lipinski definition) is 1. The molecule has 0 saturated carbocycles. The molecule has 1 aliphatic rings. The van der Waals surface area contributed by atoms with Crippen LogP contribution in [0.3, 0.4) is 0 Å². The van der Waals surface area contributed by atoms with Crippen molar-refractivity contribution in [3.8, 4) is 0 Å². The van der Waals surface area contributed by atoms with Crippen molar-refractivity contribution in [2.75, 3.05) is 16.6 Å². The Labute approximate surface area is 161 Å². The summed E-state index contributed by atoms with van der Waals surface area (Å²) in [5.41, 5.74) is 2.98. The molecule has 0 spiro atoms. The van der Waals surface area contributed by atoms with Crippen molar-refractivity contribution in [3.63, 3.8) is 0 Å². The zero-order valence-corrected chi connectivity index (χ0v) is 17.1. The molecule has 1 fully saturated rings. The number of anilines is 1. The highest BCUT2D eigenvalue weighted by Crippen LogP contribution is 2.27. The molecule has 1 N–H and O–H groups in total. The highest BCUT2D eigenvalue weighted by Gasteiger charge is 2.27. The second kappa shape index (κ2) is 7.61. The van der Waals surface area contributed by atoms with Gasteiger partial charge in [0.2, 0.25) is 20.0 Å². The molecule has 1 saturated heterocycles. The number of sulfonamides is 2. The molecule has 0 unspecified atom stereocenters. The summed E-state index contributed by atoms with van der Waals surface area (Å²) < 4.78 is 53.9. The molecule has 1 aliphatic heterocycles. The van der Waals surface area contributed by atoms with Crippen LogP contribution in [0.4, 0.5) is 5.69 Å². The van der Waals surface area contributed by atoms with Crippen molar-refractivity contribution in [1.29, 1.82) is 0 Å². The lowest BCUT2D eigenvalue weighted by atomic mass is 10.1. The maximum Gasteiger partial charge on any atom is 0.241 e. The molecule has 2 aromatic carbocycles. The lowest BCUT2D eigenvalue weighted by Gasteiger charge is -2.28. The number of nitrogens with one attached hydrogen (secondary N) is 1. The predicted molar refractivity (Wildman–Crippen MR) is 107 cm³/mol. The predicted octanol–water partition coefficient (Wildman–Crippen LogP) is 2.71. The van der Waals surface area contributed by atoms with E-state index >= 15 is 0 Å². The smallest absolute Gasteiger partial charge is 0.241 e. The van der Waals surface area contributed by atoms with Crippen LogP contribution in [-0.2, 0) is 26.6 Å². The van der Waals surface area contributed by atoms with Gasteiger partial charge in [-0.2, -0.15) is 0 Å². The number of benzene rings is 2. The van der Waals surface area contributed by atoms with Crippen LogP contribution in [0.2, 0.25) is 0 Å². The van der Waals surface area contributed by atoms with Crippen LogP contribution < -0.4 is 9.03 Å². The highest BCUT2D eigenvalue weighted by atomic mass is 32.2. The molecular weight excluding hydrogens is 384 g/mol. The SMILES string of the molecule is Cc1cccc(CNS(=O)(=O)c2ccc(N3CCCCS3(=O)=O)cc2C)c1. The van der Waals surface area contributed by atoms with Crippen molar-refractivity contribution < 1.29 is 16.8 Å². The molecule has 0 aromatic heterocycles. The third-order valence-corrected chi connectivity index (χ3v) is 8.07. The molecule has 3 rings (SSSR count). The van der Waals surface area contributed by atoms with Gasteiger partial charge in [0.1, 0.15) is 0 Å². The topological polar surface area (TPSA) is 83.6 Å². The molecule has 0 atom stereocenters. The van der Waals surface area contributed by atoms with Gasteiger partial charge in [-0.15, -0.1) is 0 Å². The zero-order valence-electron chi connectivity index (χ0n) is 15.5. The van der Waals surface area contributed by atoms with E-state index in [0.29, 0.717) is 24.2 Å². The number of rotatable bonds is 5. The molecule has 146 valence electrons. The fourth-order valence-electron chi connectivity index (χ4n) is 3.25. The van der Waals surface area contributed by atoms with Gasteiger partial charge in [0.25, 0.3) is 0 Å². The molecule has 0 aliphatic carbocycles. The third-order valence-electron chi connectivity index (χ3n) is 4.63. The summed E-state index contributed by atoms with van der Waals surface area (Å²) in [6, 6.07) is 12.3. The minimum atomic E-state index is -3.70. The van der Waals surface area contributed by atoms with Crippen LogP contribution in [0.15, 0.2) is 47.4 Å². The molecular formula is C19H24N2O4S2. The van der Waals surface area contributed by atoms with Gasteiger partial charge in [-0.1, -0.05) is 29.8 Å². The average Bonchev–Trinajstić information content (AvgIpc) is 2.59. The normalized spacial score (nSPS) is 17.0. The Kier molecular flexibility index (Phi) is 5.60. The second-order valence-corrected chi connectivity index (χ2v) is 10.6. The van der Waals surface area contributed by atoms with E-state index in [0.717, 1.165) is 17.5 Å². The lowest BCUT2D eigenvalue weighted by molar-refractivity contribution is 0.574. The van der Waals surface area contributed by atoms with Crippen LogP contribution in [0.5, 0.6) is 0 Å². The first-order valence-electron chi connectivity index (χ1n) is 8.85. The van der Waals surface area contributed by atoms with Crippen molar-refractivity contribution in [2.45, 2.75) is 38.1 Å². The van der Waals surface area contributed by atoms with Gasteiger partial charge in [-0.3, -0.25) is 4.31 Å². The number of nitrogens with zero attached hydrogens (tertiary/aromatic N) is 1. The highest BCUT2D eigenvalue weighted by molar-refractivity contribution is 7.92. The van der Waals surface area contributed by atoms with E-state index in [1.54, 1.807) is 19.1 Å². The minimum absolute atomic E-state index is 0.129. The molecule has 6 nitrogen and oxygen atoms in total. The van der Waals surface area contributed by atoms with Gasteiger partial charge in [-0.05, 0) is 56.0 Å². The van der Waals surface area contributed by atoms with Gasteiger partial charge in [0, 0.05) is 13.1 Å². The van der Waals surface area contributed by atoms with Crippen molar-refractivity contribution in [1.82, 2.24) is 4.72 Å².